The van der Waals surface area contributed by atoms with Gasteiger partial charge in [-0.2, -0.15) is 0 Å². The second kappa shape index (κ2) is 9.38. The molecule has 32 heavy (non-hydrogen) atoms. The van der Waals surface area contributed by atoms with E-state index in [-0.39, 0.29) is 12.5 Å². The first-order valence-corrected chi connectivity index (χ1v) is 9.80. The van der Waals surface area contributed by atoms with Crippen molar-refractivity contribution in [2.45, 2.75) is 19.4 Å². The van der Waals surface area contributed by atoms with Gasteiger partial charge in [-0.15, -0.1) is 0 Å². The molecule has 0 saturated carbocycles. The lowest BCUT2D eigenvalue weighted by atomic mass is 10.1. The summed E-state index contributed by atoms with van der Waals surface area (Å²) in [5.74, 6) is -0.994. The van der Waals surface area contributed by atoms with Crippen LogP contribution in [-0.4, -0.2) is 46.5 Å². The molecule has 2 heterocycles. The number of methoxy groups -OCH3 is 1. The van der Waals surface area contributed by atoms with Crippen molar-refractivity contribution in [1.29, 1.82) is 0 Å². The van der Waals surface area contributed by atoms with Gasteiger partial charge in [0.1, 0.15) is 11.4 Å². The topological polar surface area (TPSA) is 127 Å². The molecule has 3 aromatic rings. The highest BCUT2D eigenvalue weighted by molar-refractivity contribution is 6.39. The van der Waals surface area contributed by atoms with Crippen LogP contribution in [0.3, 0.4) is 0 Å². The van der Waals surface area contributed by atoms with Gasteiger partial charge in [-0.1, -0.05) is 0 Å². The molecule has 168 valence electrons. The van der Waals surface area contributed by atoms with Crippen LogP contribution in [0.5, 0.6) is 5.75 Å². The number of anilines is 1. The minimum Gasteiger partial charge on any atom is -0.496 e. The van der Waals surface area contributed by atoms with E-state index in [1.165, 1.54) is 13.5 Å². The number of amides is 3. The lowest BCUT2D eigenvalue weighted by molar-refractivity contribution is -0.137. The summed E-state index contributed by atoms with van der Waals surface area (Å²) in [4.78, 5) is 40.9. The standard InChI is InChI=1S/C22H25N5O5/c1-22(2,12-24-19(28)16-6-5-9-27(16)3)26-21(30)20(29)25-14-7-8-15(17(10-14)31-4)18-11-23-13-32-18/h5-11,13H,12H2,1-4H3,(H,24,28)(H,25,29)(H,26,30). The lowest BCUT2D eigenvalue weighted by Crippen LogP contribution is -2.54. The molecule has 0 radical (unpaired) electrons. The second-order valence-corrected chi connectivity index (χ2v) is 7.76. The number of oxazole rings is 1. The number of hydrogen-bond donors (Lipinski definition) is 3. The van der Waals surface area contributed by atoms with Crippen LogP contribution in [0.25, 0.3) is 11.3 Å². The number of nitrogens with zero attached hydrogens (tertiary/aromatic N) is 2. The predicted molar refractivity (Wildman–Crippen MR) is 117 cm³/mol. The molecule has 3 rings (SSSR count). The Labute approximate surface area is 185 Å². The van der Waals surface area contributed by atoms with Crippen molar-refractivity contribution < 1.29 is 23.5 Å². The molecule has 0 aliphatic carbocycles. The number of ether oxygens (including phenoxy) is 1. The average Bonchev–Trinajstić information content (AvgIpc) is 3.43. The molecule has 0 spiro atoms. The Bertz CT molecular complexity index is 1120. The maximum Gasteiger partial charge on any atom is 0.313 e. The number of rotatable bonds is 7. The Hall–Kier alpha value is -4.08. The predicted octanol–water partition coefficient (Wildman–Crippen LogP) is 1.95. The summed E-state index contributed by atoms with van der Waals surface area (Å²) < 4.78 is 12.3. The van der Waals surface area contributed by atoms with Crippen molar-refractivity contribution in [3.63, 3.8) is 0 Å². The first-order valence-electron chi connectivity index (χ1n) is 9.80. The minimum absolute atomic E-state index is 0.135. The number of aryl methyl sites for hydroxylation is 1. The van der Waals surface area contributed by atoms with Gasteiger partial charge in [0.25, 0.3) is 5.91 Å². The minimum atomic E-state index is -0.858. The van der Waals surface area contributed by atoms with Gasteiger partial charge in [-0.05, 0) is 38.1 Å². The fourth-order valence-electron chi connectivity index (χ4n) is 3.01. The van der Waals surface area contributed by atoms with Gasteiger partial charge < -0.3 is 29.7 Å². The molecule has 0 atom stereocenters. The third kappa shape index (κ3) is 5.34. The molecule has 3 N–H and O–H groups in total. The fraction of sp³-hybridized carbons (Fsp3) is 0.273. The van der Waals surface area contributed by atoms with Crippen LogP contribution in [0.15, 0.2) is 53.5 Å². The van der Waals surface area contributed by atoms with Crippen LogP contribution < -0.4 is 20.7 Å². The molecule has 0 unspecified atom stereocenters. The number of benzene rings is 1. The average molecular weight is 439 g/mol. The van der Waals surface area contributed by atoms with Gasteiger partial charge in [0.2, 0.25) is 0 Å². The summed E-state index contributed by atoms with van der Waals surface area (Å²) in [5, 5.41) is 7.92. The van der Waals surface area contributed by atoms with E-state index in [0.717, 1.165) is 0 Å². The Balaban J connectivity index is 1.58. The zero-order valence-electron chi connectivity index (χ0n) is 18.3. The third-order valence-corrected chi connectivity index (χ3v) is 4.68. The van der Waals surface area contributed by atoms with Crippen molar-refractivity contribution in [2.75, 3.05) is 19.0 Å². The van der Waals surface area contributed by atoms with Crippen molar-refractivity contribution in [3.8, 4) is 17.1 Å². The summed E-state index contributed by atoms with van der Waals surface area (Å²) in [6.45, 7) is 3.55. The molecular weight excluding hydrogens is 414 g/mol. The largest absolute Gasteiger partial charge is 0.496 e. The Morgan fingerprint density at radius 3 is 2.59 bits per heavy atom. The molecule has 2 aromatic heterocycles. The number of carbonyl (C=O) groups excluding carboxylic acids is 3. The molecule has 10 heteroatoms. The Morgan fingerprint density at radius 1 is 1.19 bits per heavy atom. The normalized spacial score (nSPS) is 11.0. The Kier molecular flexibility index (Phi) is 6.62. The molecule has 0 fully saturated rings. The highest BCUT2D eigenvalue weighted by atomic mass is 16.5. The molecule has 3 amide bonds. The molecule has 0 bridgehead atoms. The highest BCUT2D eigenvalue weighted by Gasteiger charge is 2.26. The first-order chi connectivity index (χ1) is 15.2. The fourth-order valence-corrected chi connectivity index (χ4v) is 3.01. The molecule has 0 aliphatic heterocycles. The monoisotopic (exact) mass is 439 g/mol. The summed E-state index contributed by atoms with van der Waals surface area (Å²) >= 11 is 0. The van der Waals surface area contributed by atoms with Crippen LogP contribution >= 0.6 is 0 Å². The van der Waals surface area contributed by atoms with E-state index < -0.39 is 17.4 Å². The van der Waals surface area contributed by atoms with E-state index in [0.29, 0.717) is 28.5 Å². The van der Waals surface area contributed by atoms with E-state index in [9.17, 15) is 14.4 Å². The smallest absolute Gasteiger partial charge is 0.313 e. The van der Waals surface area contributed by atoms with E-state index in [1.54, 1.807) is 68.2 Å². The quantitative estimate of drug-likeness (QED) is 0.483. The second-order valence-electron chi connectivity index (χ2n) is 7.76. The summed E-state index contributed by atoms with van der Waals surface area (Å²) in [7, 11) is 3.25. The molecule has 10 nitrogen and oxygen atoms in total. The van der Waals surface area contributed by atoms with E-state index >= 15 is 0 Å². The molecule has 0 saturated heterocycles. The van der Waals surface area contributed by atoms with Gasteiger partial charge in [0.15, 0.2) is 12.2 Å². The SMILES string of the molecule is COc1cc(NC(=O)C(=O)NC(C)(C)CNC(=O)c2cccn2C)ccc1-c1cnco1. The summed E-state index contributed by atoms with van der Waals surface area (Å²) in [5.41, 5.74) is 0.665. The van der Waals surface area contributed by atoms with Crippen molar-refractivity contribution >= 4 is 23.4 Å². The molecule has 0 aliphatic rings. The van der Waals surface area contributed by atoms with Crippen LogP contribution in [0.2, 0.25) is 0 Å². The highest BCUT2D eigenvalue weighted by Crippen LogP contribution is 2.32. The lowest BCUT2D eigenvalue weighted by Gasteiger charge is -2.26. The van der Waals surface area contributed by atoms with Gasteiger partial charge in [-0.3, -0.25) is 14.4 Å². The van der Waals surface area contributed by atoms with Crippen LogP contribution in [0, 0.1) is 0 Å². The maximum atomic E-state index is 12.4. The number of hydrogen-bond acceptors (Lipinski definition) is 6. The maximum absolute atomic E-state index is 12.4. The van der Waals surface area contributed by atoms with Gasteiger partial charge in [0.05, 0.1) is 24.4 Å². The van der Waals surface area contributed by atoms with Crippen molar-refractivity contribution in [2.24, 2.45) is 7.05 Å². The zero-order chi connectivity index (χ0) is 23.3. The van der Waals surface area contributed by atoms with Crippen LogP contribution in [0.4, 0.5) is 5.69 Å². The molecule has 1 aromatic carbocycles. The van der Waals surface area contributed by atoms with Crippen molar-refractivity contribution in [1.82, 2.24) is 20.2 Å². The van der Waals surface area contributed by atoms with Crippen LogP contribution in [0.1, 0.15) is 24.3 Å². The summed E-state index contributed by atoms with van der Waals surface area (Å²) in [6.07, 6.45) is 4.61. The first kappa shape index (κ1) is 22.6. The van der Waals surface area contributed by atoms with Gasteiger partial charge in [0, 0.05) is 31.5 Å². The van der Waals surface area contributed by atoms with E-state index in [2.05, 4.69) is 20.9 Å². The zero-order valence-corrected chi connectivity index (χ0v) is 18.3. The third-order valence-electron chi connectivity index (χ3n) is 4.68. The van der Waals surface area contributed by atoms with Crippen LogP contribution in [-0.2, 0) is 16.6 Å². The van der Waals surface area contributed by atoms with E-state index in [1.807, 2.05) is 0 Å². The van der Waals surface area contributed by atoms with E-state index in [4.69, 9.17) is 9.15 Å². The van der Waals surface area contributed by atoms with Gasteiger partial charge in [-0.25, -0.2) is 4.98 Å². The molecular formula is C22H25N5O5. The summed E-state index contributed by atoms with van der Waals surface area (Å²) in [6, 6.07) is 8.34. The van der Waals surface area contributed by atoms with Gasteiger partial charge >= 0.3 is 11.8 Å². The number of nitrogens with one attached hydrogen (secondary N) is 3. The number of carbonyl (C=O) groups is 3. The Morgan fingerprint density at radius 2 is 1.97 bits per heavy atom. The number of aromatic nitrogens is 2. The van der Waals surface area contributed by atoms with Crippen molar-refractivity contribution in [3.05, 3.63) is 54.8 Å².